The molecule has 4 heterocycles. The SMILES string of the molecule is CCCC1(CC)OC2=C3COc4nc(=O)ccn4[C@H](O3)[C@@H]2O1. The fourth-order valence-electron chi connectivity index (χ4n) is 3.19. The van der Waals surface area contributed by atoms with E-state index in [4.69, 9.17) is 18.9 Å². The molecule has 0 N–H and O–H groups in total. The predicted octanol–water partition coefficient (Wildman–Crippen LogP) is 1.70. The molecular formula is C15H18N2O5. The van der Waals surface area contributed by atoms with E-state index in [1.54, 1.807) is 10.8 Å². The van der Waals surface area contributed by atoms with E-state index in [1.165, 1.54) is 6.07 Å². The number of rotatable bonds is 3. The summed E-state index contributed by atoms with van der Waals surface area (Å²) in [6, 6.07) is 1.63. The summed E-state index contributed by atoms with van der Waals surface area (Å²) in [5.74, 6) is 0.739. The van der Waals surface area contributed by atoms with E-state index in [0.717, 1.165) is 19.3 Å². The molecule has 7 heteroatoms. The fraction of sp³-hybridized carbons (Fsp3) is 0.600. The minimum absolute atomic E-state index is 0.189. The average molecular weight is 306 g/mol. The maximum atomic E-state index is 11.4. The van der Waals surface area contributed by atoms with Crippen LogP contribution in [0.1, 0.15) is 39.3 Å². The molecule has 1 saturated heterocycles. The van der Waals surface area contributed by atoms with E-state index in [-0.39, 0.29) is 24.3 Å². The van der Waals surface area contributed by atoms with Crippen LogP contribution in [0.15, 0.2) is 28.6 Å². The van der Waals surface area contributed by atoms with Gasteiger partial charge in [0.05, 0.1) is 0 Å². The molecule has 1 fully saturated rings. The Morgan fingerprint density at radius 2 is 2.32 bits per heavy atom. The van der Waals surface area contributed by atoms with E-state index in [9.17, 15) is 4.79 Å². The Labute approximate surface area is 127 Å². The van der Waals surface area contributed by atoms with Crippen molar-refractivity contribution in [3.05, 3.63) is 34.1 Å². The van der Waals surface area contributed by atoms with Crippen LogP contribution in [0.5, 0.6) is 6.01 Å². The van der Waals surface area contributed by atoms with Gasteiger partial charge in [-0.05, 0) is 6.42 Å². The maximum absolute atomic E-state index is 11.4. The molecule has 3 aliphatic heterocycles. The molecule has 1 aromatic rings. The predicted molar refractivity (Wildman–Crippen MR) is 75.0 cm³/mol. The standard InChI is InChI=1S/C15H18N2O5/c1-3-6-15(4-2)21-11-9-8-19-14-16-10(18)5-7-17(14)13(20-9)12(11)22-15/h5,7,12-13H,3-4,6,8H2,1-2H3/t12-,13-,15?/m1/s1. The summed E-state index contributed by atoms with van der Waals surface area (Å²) < 4.78 is 25.5. The third kappa shape index (κ3) is 1.85. The minimum Gasteiger partial charge on any atom is -0.464 e. The minimum atomic E-state index is -0.598. The highest BCUT2D eigenvalue weighted by Crippen LogP contribution is 2.49. The number of hydrogen-bond donors (Lipinski definition) is 0. The molecule has 0 aliphatic carbocycles. The van der Waals surface area contributed by atoms with Gasteiger partial charge in [0.2, 0.25) is 12.0 Å². The Morgan fingerprint density at radius 1 is 1.45 bits per heavy atom. The van der Waals surface area contributed by atoms with Gasteiger partial charge in [0.25, 0.3) is 5.56 Å². The van der Waals surface area contributed by atoms with Crippen molar-refractivity contribution >= 4 is 0 Å². The topological polar surface area (TPSA) is 71.8 Å². The Kier molecular flexibility index (Phi) is 2.94. The van der Waals surface area contributed by atoms with Crippen LogP contribution >= 0.6 is 0 Å². The van der Waals surface area contributed by atoms with Crippen molar-refractivity contribution in [2.75, 3.05) is 6.61 Å². The number of hydrogen-bond acceptors (Lipinski definition) is 6. The lowest BCUT2D eigenvalue weighted by Gasteiger charge is -2.28. The second-order valence-electron chi connectivity index (χ2n) is 5.69. The summed E-state index contributed by atoms with van der Waals surface area (Å²) in [7, 11) is 0. The molecule has 1 unspecified atom stereocenters. The molecule has 1 aromatic heterocycles. The number of aromatic nitrogens is 2. The van der Waals surface area contributed by atoms with E-state index in [1.807, 2.05) is 0 Å². The molecule has 7 nitrogen and oxygen atoms in total. The van der Waals surface area contributed by atoms with Gasteiger partial charge in [-0.15, -0.1) is 0 Å². The summed E-state index contributed by atoms with van der Waals surface area (Å²) in [5, 5.41) is 0. The zero-order valence-corrected chi connectivity index (χ0v) is 12.6. The summed E-state index contributed by atoms with van der Waals surface area (Å²) >= 11 is 0. The second kappa shape index (κ2) is 4.74. The van der Waals surface area contributed by atoms with Crippen LogP contribution in [0, 0.1) is 0 Å². The average Bonchev–Trinajstić information content (AvgIpc) is 2.95. The lowest BCUT2D eigenvalue weighted by molar-refractivity contribution is -0.194. The first-order valence-electron chi connectivity index (χ1n) is 7.64. The smallest absolute Gasteiger partial charge is 0.303 e. The summed E-state index contributed by atoms with van der Waals surface area (Å²) in [6.45, 7) is 4.34. The number of fused-ring (bicyclic) bond motifs is 6. The molecule has 118 valence electrons. The van der Waals surface area contributed by atoms with Gasteiger partial charge in [0.1, 0.15) is 0 Å². The van der Waals surface area contributed by atoms with Gasteiger partial charge < -0.3 is 18.9 Å². The normalized spacial score (nSPS) is 31.7. The zero-order valence-electron chi connectivity index (χ0n) is 12.6. The Morgan fingerprint density at radius 3 is 3.09 bits per heavy atom. The molecule has 0 aromatic carbocycles. The Balaban J connectivity index is 1.74. The van der Waals surface area contributed by atoms with Crippen LogP contribution in [0.2, 0.25) is 0 Å². The third-order valence-corrected chi connectivity index (χ3v) is 4.27. The zero-order chi connectivity index (χ0) is 15.3. The van der Waals surface area contributed by atoms with Crippen molar-refractivity contribution in [1.29, 1.82) is 0 Å². The van der Waals surface area contributed by atoms with Crippen LogP contribution in [-0.2, 0) is 14.2 Å². The van der Waals surface area contributed by atoms with Gasteiger partial charge in [-0.1, -0.05) is 13.8 Å². The molecule has 2 bridgehead atoms. The van der Waals surface area contributed by atoms with Crippen molar-refractivity contribution in [2.45, 2.75) is 51.2 Å². The Bertz CT molecular complexity index is 697. The van der Waals surface area contributed by atoms with Gasteiger partial charge in [-0.2, -0.15) is 4.98 Å². The lowest BCUT2D eigenvalue weighted by atomic mass is 10.1. The van der Waals surface area contributed by atoms with Crippen molar-refractivity contribution < 1.29 is 18.9 Å². The molecule has 0 saturated carbocycles. The summed E-state index contributed by atoms with van der Waals surface area (Å²) in [4.78, 5) is 15.3. The van der Waals surface area contributed by atoms with Crippen LogP contribution in [-0.4, -0.2) is 28.0 Å². The first kappa shape index (κ1) is 13.6. The summed E-state index contributed by atoms with van der Waals surface area (Å²) in [5.41, 5.74) is -0.337. The molecule has 0 radical (unpaired) electrons. The summed E-state index contributed by atoms with van der Waals surface area (Å²) in [6.07, 6.45) is 3.40. The highest BCUT2D eigenvalue weighted by Gasteiger charge is 2.54. The molecule has 3 aliphatic rings. The van der Waals surface area contributed by atoms with Crippen molar-refractivity contribution in [3.63, 3.8) is 0 Å². The van der Waals surface area contributed by atoms with Crippen LogP contribution in [0.4, 0.5) is 0 Å². The molecule has 0 amide bonds. The molecule has 22 heavy (non-hydrogen) atoms. The van der Waals surface area contributed by atoms with E-state index < -0.39 is 12.0 Å². The first-order valence-corrected chi connectivity index (χ1v) is 7.64. The molecular weight excluding hydrogens is 288 g/mol. The fourth-order valence-corrected chi connectivity index (χ4v) is 3.19. The van der Waals surface area contributed by atoms with E-state index in [0.29, 0.717) is 11.5 Å². The number of ether oxygens (including phenoxy) is 4. The quantitative estimate of drug-likeness (QED) is 0.846. The second-order valence-corrected chi connectivity index (χ2v) is 5.69. The van der Waals surface area contributed by atoms with Crippen molar-refractivity contribution in [1.82, 2.24) is 9.55 Å². The Hall–Kier alpha value is -2.02. The largest absolute Gasteiger partial charge is 0.464 e. The van der Waals surface area contributed by atoms with Crippen molar-refractivity contribution in [3.8, 4) is 6.01 Å². The third-order valence-electron chi connectivity index (χ3n) is 4.27. The maximum Gasteiger partial charge on any atom is 0.303 e. The van der Waals surface area contributed by atoms with Crippen molar-refractivity contribution in [2.24, 2.45) is 0 Å². The molecule has 0 spiro atoms. The van der Waals surface area contributed by atoms with Crippen LogP contribution in [0.25, 0.3) is 0 Å². The highest BCUT2D eigenvalue weighted by molar-refractivity contribution is 5.23. The van der Waals surface area contributed by atoms with Gasteiger partial charge in [0, 0.05) is 25.1 Å². The first-order chi connectivity index (χ1) is 10.7. The monoisotopic (exact) mass is 306 g/mol. The van der Waals surface area contributed by atoms with Gasteiger partial charge in [0.15, 0.2) is 24.2 Å². The highest BCUT2D eigenvalue weighted by atomic mass is 16.8. The number of nitrogens with zero attached hydrogens (tertiary/aromatic N) is 2. The van der Waals surface area contributed by atoms with E-state index in [2.05, 4.69) is 18.8 Å². The van der Waals surface area contributed by atoms with Gasteiger partial charge in [-0.3, -0.25) is 9.36 Å². The van der Waals surface area contributed by atoms with Gasteiger partial charge >= 0.3 is 6.01 Å². The van der Waals surface area contributed by atoms with Crippen LogP contribution in [0.3, 0.4) is 0 Å². The van der Waals surface area contributed by atoms with Gasteiger partial charge in [-0.25, -0.2) is 0 Å². The molecule has 3 atom stereocenters. The lowest BCUT2D eigenvalue weighted by Crippen LogP contribution is -2.33. The van der Waals surface area contributed by atoms with E-state index >= 15 is 0 Å². The van der Waals surface area contributed by atoms with Crippen LogP contribution < -0.4 is 10.3 Å². The molecule has 4 rings (SSSR count).